The molecule has 0 aromatic rings. The number of isocyanates is 2. The van der Waals surface area contributed by atoms with Crippen molar-refractivity contribution in [1.29, 1.82) is 0 Å². The first-order valence-electron chi connectivity index (χ1n) is 4.19. The van der Waals surface area contributed by atoms with E-state index in [4.69, 9.17) is 0 Å². The molecule has 0 unspecified atom stereocenters. The lowest BCUT2D eigenvalue weighted by Gasteiger charge is -2.35. The molecular weight excluding hydrogens is 334 g/mol. The van der Waals surface area contributed by atoms with Crippen LogP contribution < -0.4 is 0 Å². The molecule has 0 amide bonds. The van der Waals surface area contributed by atoms with Crippen molar-refractivity contribution in [2.24, 2.45) is 9.98 Å². The molecule has 0 aliphatic carbocycles. The minimum Gasteiger partial charge on any atom is -0.211 e. The van der Waals surface area contributed by atoms with E-state index in [0.717, 1.165) is 9.98 Å². The summed E-state index contributed by atoms with van der Waals surface area (Å²) in [6.07, 6.45) is -0.610. The summed E-state index contributed by atoms with van der Waals surface area (Å²) in [5.41, 5.74) is 0. The van der Waals surface area contributed by atoms with Gasteiger partial charge in [0.2, 0.25) is 12.2 Å². The first kappa shape index (κ1) is 19.1. The standard InChI is InChI=1S/C7F10N2O2/c8-3(9,4(10,11)6(14,15)18-1-20)5(12,13)7(16,17)19-2-21. The van der Waals surface area contributed by atoms with Crippen molar-refractivity contribution in [3.8, 4) is 0 Å². The summed E-state index contributed by atoms with van der Waals surface area (Å²) in [7, 11) is 0. The first-order valence-corrected chi connectivity index (χ1v) is 4.19. The third-order valence-corrected chi connectivity index (χ3v) is 1.92. The maximum Gasteiger partial charge on any atom is 0.421 e. The summed E-state index contributed by atoms with van der Waals surface area (Å²) in [5, 5.41) is 0. The molecule has 0 rings (SSSR count). The van der Waals surface area contributed by atoms with E-state index < -0.39 is 29.9 Å². The van der Waals surface area contributed by atoms with Gasteiger partial charge >= 0.3 is 29.9 Å². The van der Waals surface area contributed by atoms with Gasteiger partial charge in [-0.2, -0.15) is 43.9 Å². The van der Waals surface area contributed by atoms with E-state index in [9.17, 15) is 53.5 Å². The second-order valence-corrected chi connectivity index (χ2v) is 3.21. The molecule has 21 heavy (non-hydrogen) atoms. The molecule has 0 aliphatic heterocycles. The minimum absolute atomic E-state index is 0.305. The van der Waals surface area contributed by atoms with Crippen molar-refractivity contribution in [2.45, 2.75) is 29.9 Å². The zero-order chi connectivity index (χ0) is 17.3. The topological polar surface area (TPSA) is 58.9 Å². The maximum absolute atomic E-state index is 12.8. The van der Waals surface area contributed by atoms with E-state index in [-0.39, 0.29) is 12.2 Å². The average molecular weight is 334 g/mol. The highest BCUT2D eigenvalue weighted by Crippen LogP contribution is 2.57. The number of aliphatic imine (C=N–C) groups is 2. The van der Waals surface area contributed by atoms with Crippen molar-refractivity contribution < 1.29 is 53.5 Å². The van der Waals surface area contributed by atoms with Gasteiger partial charge < -0.3 is 0 Å². The Morgan fingerprint density at radius 2 is 0.762 bits per heavy atom. The third-order valence-electron chi connectivity index (χ3n) is 1.92. The van der Waals surface area contributed by atoms with Crippen LogP contribution in [0, 0.1) is 0 Å². The molecule has 0 aromatic heterocycles. The van der Waals surface area contributed by atoms with Gasteiger partial charge in [0.25, 0.3) is 0 Å². The van der Waals surface area contributed by atoms with E-state index in [1.54, 1.807) is 0 Å². The lowest BCUT2D eigenvalue weighted by atomic mass is 10.0. The van der Waals surface area contributed by atoms with Gasteiger partial charge in [0, 0.05) is 0 Å². The summed E-state index contributed by atoms with van der Waals surface area (Å²) in [5.74, 6) is -21.9. The highest BCUT2D eigenvalue weighted by molar-refractivity contribution is 5.35. The Morgan fingerprint density at radius 1 is 0.524 bits per heavy atom. The monoisotopic (exact) mass is 334 g/mol. The lowest BCUT2D eigenvalue weighted by molar-refractivity contribution is -0.398. The second-order valence-electron chi connectivity index (χ2n) is 3.21. The second kappa shape index (κ2) is 5.11. The molecule has 0 spiro atoms. The van der Waals surface area contributed by atoms with Gasteiger partial charge in [-0.25, -0.2) is 9.59 Å². The molecule has 0 radical (unpaired) electrons. The van der Waals surface area contributed by atoms with Crippen LogP contribution in [0.25, 0.3) is 0 Å². The highest BCUT2D eigenvalue weighted by atomic mass is 19.4. The number of hydrogen-bond acceptors (Lipinski definition) is 4. The fourth-order valence-corrected chi connectivity index (χ4v) is 0.830. The van der Waals surface area contributed by atoms with Crippen molar-refractivity contribution in [3.63, 3.8) is 0 Å². The SMILES string of the molecule is O=C=NC(F)(F)C(F)(F)C(F)(F)C(F)(F)C(F)(F)N=C=O. The Labute approximate surface area is 107 Å². The summed E-state index contributed by atoms with van der Waals surface area (Å²) in [6, 6.07) is -13.0. The number of halogens is 10. The Morgan fingerprint density at radius 3 is 0.952 bits per heavy atom. The zero-order valence-electron chi connectivity index (χ0n) is 8.99. The van der Waals surface area contributed by atoms with Gasteiger partial charge in [-0.05, 0) is 0 Å². The number of nitrogens with zero attached hydrogens (tertiary/aromatic N) is 2. The van der Waals surface area contributed by atoms with Gasteiger partial charge in [0.15, 0.2) is 0 Å². The molecular formula is C7F10N2O2. The van der Waals surface area contributed by atoms with Gasteiger partial charge in [-0.15, -0.1) is 9.98 Å². The van der Waals surface area contributed by atoms with Crippen LogP contribution in [-0.4, -0.2) is 42.0 Å². The summed E-state index contributed by atoms with van der Waals surface area (Å²) in [6.45, 7) is 0. The first-order chi connectivity index (χ1) is 9.12. The van der Waals surface area contributed by atoms with Crippen molar-refractivity contribution in [1.82, 2.24) is 0 Å². The fraction of sp³-hybridized carbons (Fsp3) is 0.714. The summed E-state index contributed by atoms with van der Waals surface area (Å²) in [4.78, 5) is 20.5. The largest absolute Gasteiger partial charge is 0.421 e. The van der Waals surface area contributed by atoms with E-state index in [1.807, 2.05) is 0 Å². The molecule has 0 heterocycles. The number of hydrogen-bond donors (Lipinski definition) is 0. The van der Waals surface area contributed by atoms with Crippen molar-refractivity contribution in [2.75, 3.05) is 0 Å². The Balaban J connectivity index is 6.19. The van der Waals surface area contributed by atoms with Crippen LogP contribution in [0.4, 0.5) is 43.9 Å². The van der Waals surface area contributed by atoms with Crippen molar-refractivity contribution >= 4 is 12.2 Å². The minimum atomic E-state index is -7.45. The van der Waals surface area contributed by atoms with Gasteiger partial charge in [-0.3, -0.25) is 0 Å². The Hall–Kier alpha value is -1.94. The normalized spacial score (nSPS) is 14.2. The van der Waals surface area contributed by atoms with Gasteiger partial charge in [-0.1, -0.05) is 0 Å². The van der Waals surface area contributed by atoms with Crippen LogP contribution in [-0.2, 0) is 9.59 Å². The molecule has 0 aliphatic rings. The van der Waals surface area contributed by atoms with Crippen LogP contribution >= 0.6 is 0 Å². The predicted molar refractivity (Wildman–Crippen MR) is 41.0 cm³/mol. The number of alkyl halides is 10. The molecule has 0 N–H and O–H groups in total. The van der Waals surface area contributed by atoms with E-state index in [1.165, 1.54) is 0 Å². The molecule has 4 nitrogen and oxygen atoms in total. The van der Waals surface area contributed by atoms with E-state index >= 15 is 0 Å². The molecule has 0 aromatic carbocycles. The molecule has 14 heteroatoms. The van der Waals surface area contributed by atoms with Crippen LogP contribution in [0.1, 0.15) is 0 Å². The number of rotatable bonds is 6. The van der Waals surface area contributed by atoms with Crippen molar-refractivity contribution in [3.05, 3.63) is 0 Å². The predicted octanol–water partition coefficient (Wildman–Crippen LogP) is 2.75. The van der Waals surface area contributed by atoms with Crippen LogP contribution in [0.15, 0.2) is 9.98 Å². The quantitative estimate of drug-likeness (QED) is 0.325. The van der Waals surface area contributed by atoms with Crippen LogP contribution in [0.5, 0.6) is 0 Å². The number of carbonyl (C=O) groups excluding carboxylic acids is 2. The molecule has 0 bridgehead atoms. The molecule has 0 saturated carbocycles. The van der Waals surface area contributed by atoms with Crippen LogP contribution in [0.2, 0.25) is 0 Å². The Bertz CT molecular complexity index is 460. The molecule has 0 fully saturated rings. The molecule has 0 saturated heterocycles. The van der Waals surface area contributed by atoms with E-state index in [0.29, 0.717) is 0 Å². The lowest BCUT2D eigenvalue weighted by Crippen LogP contribution is -2.66. The molecule has 0 atom stereocenters. The van der Waals surface area contributed by atoms with Gasteiger partial charge in [0.1, 0.15) is 0 Å². The van der Waals surface area contributed by atoms with Gasteiger partial charge in [0.05, 0.1) is 0 Å². The zero-order valence-corrected chi connectivity index (χ0v) is 8.99. The summed E-state index contributed by atoms with van der Waals surface area (Å²) >= 11 is 0. The Kier molecular flexibility index (Phi) is 4.64. The third kappa shape index (κ3) is 2.63. The smallest absolute Gasteiger partial charge is 0.211 e. The van der Waals surface area contributed by atoms with Crippen LogP contribution in [0.3, 0.4) is 0 Å². The summed E-state index contributed by atoms with van der Waals surface area (Å²) < 4.78 is 126. The average Bonchev–Trinajstić information content (AvgIpc) is 2.27. The maximum atomic E-state index is 12.8. The fourth-order valence-electron chi connectivity index (χ4n) is 0.830. The highest BCUT2D eigenvalue weighted by Gasteiger charge is 2.87. The molecule has 120 valence electrons. The van der Waals surface area contributed by atoms with E-state index in [2.05, 4.69) is 0 Å².